The molecule has 2 aromatic carbocycles. The third-order valence-electron chi connectivity index (χ3n) is 3.03. The Morgan fingerprint density at radius 2 is 1.30 bits per heavy atom. The van der Waals surface area contributed by atoms with Crippen molar-refractivity contribution in [2.75, 3.05) is 26.4 Å². The van der Waals surface area contributed by atoms with Crippen LogP contribution in [0.3, 0.4) is 0 Å². The van der Waals surface area contributed by atoms with Gasteiger partial charge in [0.05, 0.1) is 5.25 Å². The fraction of sp³-hybridized carbons (Fsp3) is 0.294. The van der Waals surface area contributed by atoms with Crippen LogP contribution in [-0.4, -0.2) is 31.3 Å². The van der Waals surface area contributed by atoms with E-state index in [9.17, 15) is 0 Å². The van der Waals surface area contributed by atoms with E-state index in [0.717, 1.165) is 12.3 Å². The number of nitrogens with zero attached hydrogens (tertiary/aromatic N) is 1. The van der Waals surface area contributed by atoms with Crippen molar-refractivity contribution in [2.45, 2.75) is 5.25 Å². The van der Waals surface area contributed by atoms with E-state index in [4.69, 9.17) is 0 Å². The zero-order valence-corrected chi connectivity index (χ0v) is 13.7. The van der Waals surface area contributed by atoms with Crippen molar-refractivity contribution in [3.05, 3.63) is 71.8 Å². The summed E-state index contributed by atoms with van der Waals surface area (Å²) in [6.07, 6.45) is 0. The summed E-state index contributed by atoms with van der Waals surface area (Å²) >= 11 is 2.01. The first-order valence-electron chi connectivity index (χ1n) is 6.63. The van der Waals surface area contributed by atoms with Crippen molar-refractivity contribution < 1.29 is 0 Å². The van der Waals surface area contributed by atoms with Crippen molar-refractivity contribution in [3.63, 3.8) is 0 Å². The Morgan fingerprint density at radius 1 is 0.850 bits per heavy atom. The van der Waals surface area contributed by atoms with Crippen LogP contribution in [0.1, 0.15) is 16.4 Å². The van der Waals surface area contributed by atoms with Crippen LogP contribution in [0.4, 0.5) is 0 Å². The second kappa shape index (κ2) is 9.06. The summed E-state index contributed by atoms with van der Waals surface area (Å²) < 4.78 is 0. The van der Waals surface area contributed by atoms with Gasteiger partial charge in [-0.1, -0.05) is 60.7 Å². The van der Waals surface area contributed by atoms with E-state index in [1.54, 1.807) is 0 Å². The van der Waals surface area contributed by atoms with Crippen LogP contribution in [-0.2, 0) is 0 Å². The molecule has 0 saturated heterocycles. The van der Waals surface area contributed by atoms with Gasteiger partial charge in [-0.15, -0.1) is 24.2 Å². The lowest BCUT2D eigenvalue weighted by atomic mass is 10.0. The van der Waals surface area contributed by atoms with E-state index in [0.29, 0.717) is 5.25 Å². The predicted molar refractivity (Wildman–Crippen MR) is 93.0 cm³/mol. The lowest BCUT2D eigenvalue weighted by molar-refractivity contribution is 0.437. The Kier molecular flexibility index (Phi) is 7.75. The average molecular weight is 308 g/mol. The Morgan fingerprint density at radius 3 is 1.70 bits per heavy atom. The summed E-state index contributed by atoms with van der Waals surface area (Å²) in [7, 11) is 4.25. The zero-order chi connectivity index (χ0) is 13.5. The zero-order valence-electron chi connectivity index (χ0n) is 12.0. The number of benzene rings is 2. The van der Waals surface area contributed by atoms with Crippen LogP contribution in [0, 0.1) is 0 Å². The highest BCUT2D eigenvalue weighted by Gasteiger charge is 2.13. The normalized spacial score (nSPS) is 10.6. The number of hydrogen-bond acceptors (Lipinski definition) is 2. The van der Waals surface area contributed by atoms with Gasteiger partial charge in [-0.3, -0.25) is 0 Å². The van der Waals surface area contributed by atoms with Crippen LogP contribution < -0.4 is 0 Å². The summed E-state index contributed by atoms with van der Waals surface area (Å²) in [6, 6.07) is 21.5. The fourth-order valence-corrected chi connectivity index (χ4v) is 3.40. The molecule has 0 radical (unpaired) electrons. The first kappa shape index (κ1) is 17.1. The lowest BCUT2D eigenvalue weighted by Crippen LogP contribution is -2.15. The van der Waals surface area contributed by atoms with Crippen molar-refractivity contribution in [2.24, 2.45) is 0 Å². The van der Waals surface area contributed by atoms with E-state index in [1.165, 1.54) is 11.1 Å². The molecule has 20 heavy (non-hydrogen) atoms. The molecule has 2 aromatic rings. The molecular weight excluding hydrogens is 286 g/mol. The molecule has 0 aromatic heterocycles. The molecular formula is C17H22ClNS. The van der Waals surface area contributed by atoms with Gasteiger partial charge in [-0.25, -0.2) is 0 Å². The van der Waals surface area contributed by atoms with Gasteiger partial charge >= 0.3 is 0 Å². The third-order valence-corrected chi connectivity index (χ3v) is 4.32. The number of thioether (sulfide) groups is 1. The van der Waals surface area contributed by atoms with Crippen LogP contribution in [0.25, 0.3) is 0 Å². The molecule has 0 amide bonds. The number of halogens is 1. The van der Waals surface area contributed by atoms with E-state index < -0.39 is 0 Å². The summed E-state index contributed by atoms with van der Waals surface area (Å²) in [5, 5.41) is 0.433. The molecule has 1 nitrogen and oxygen atoms in total. The summed E-state index contributed by atoms with van der Waals surface area (Å²) in [4.78, 5) is 2.24. The molecule has 0 saturated carbocycles. The molecule has 0 fully saturated rings. The minimum absolute atomic E-state index is 0. The molecule has 0 N–H and O–H groups in total. The van der Waals surface area contributed by atoms with Crippen molar-refractivity contribution in [3.8, 4) is 0 Å². The minimum atomic E-state index is 0. The van der Waals surface area contributed by atoms with Gasteiger partial charge in [0, 0.05) is 12.3 Å². The Hall–Kier alpha value is -0.960. The predicted octanol–water partition coefficient (Wildman–Crippen LogP) is 4.49. The van der Waals surface area contributed by atoms with Crippen molar-refractivity contribution in [1.29, 1.82) is 0 Å². The Balaban J connectivity index is 0.00000200. The molecule has 0 aliphatic rings. The fourth-order valence-electron chi connectivity index (χ4n) is 1.99. The smallest absolute Gasteiger partial charge is 0.0547 e. The largest absolute Gasteiger partial charge is 0.309 e. The van der Waals surface area contributed by atoms with Crippen molar-refractivity contribution >= 4 is 24.2 Å². The monoisotopic (exact) mass is 307 g/mol. The topological polar surface area (TPSA) is 3.24 Å². The van der Waals surface area contributed by atoms with E-state index >= 15 is 0 Å². The standard InChI is InChI=1S/C17H21NS.ClH/c1-18(2)13-14-19-17(15-9-5-3-6-10-15)16-11-7-4-8-12-16;/h3-12,17H,13-14H2,1-2H3;1H. The summed E-state index contributed by atoms with van der Waals surface area (Å²) in [5.74, 6) is 1.14. The quantitative estimate of drug-likeness (QED) is 0.773. The van der Waals surface area contributed by atoms with Gasteiger partial charge < -0.3 is 4.90 Å². The maximum absolute atomic E-state index is 2.24. The lowest BCUT2D eigenvalue weighted by Gasteiger charge is -2.19. The van der Waals surface area contributed by atoms with Crippen LogP contribution in [0.15, 0.2) is 60.7 Å². The first-order chi connectivity index (χ1) is 9.27. The molecule has 0 spiro atoms. The molecule has 0 aliphatic heterocycles. The van der Waals surface area contributed by atoms with Gasteiger partial charge in [-0.05, 0) is 25.2 Å². The maximum atomic E-state index is 2.24. The molecule has 0 bridgehead atoms. The van der Waals surface area contributed by atoms with E-state index in [1.807, 2.05) is 11.8 Å². The summed E-state index contributed by atoms with van der Waals surface area (Å²) in [6.45, 7) is 1.11. The van der Waals surface area contributed by atoms with Gasteiger partial charge in [-0.2, -0.15) is 0 Å². The minimum Gasteiger partial charge on any atom is -0.309 e. The van der Waals surface area contributed by atoms with Crippen LogP contribution in [0.2, 0.25) is 0 Å². The molecule has 0 unspecified atom stereocenters. The number of hydrogen-bond donors (Lipinski definition) is 0. The molecule has 0 heterocycles. The average Bonchev–Trinajstić information content (AvgIpc) is 2.45. The molecule has 0 aliphatic carbocycles. The Bertz CT molecular complexity index is 433. The second-order valence-corrected chi connectivity index (χ2v) is 6.09. The van der Waals surface area contributed by atoms with Gasteiger partial charge in [0.15, 0.2) is 0 Å². The molecule has 0 atom stereocenters. The van der Waals surface area contributed by atoms with Gasteiger partial charge in [0.1, 0.15) is 0 Å². The van der Waals surface area contributed by atoms with Crippen LogP contribution in [0.5, 0.6) is 0 Å². The van der Waals surface area contributed by atoms with Crippen LogP contribution >= 0.6 is 24.2 Å². The molecule has 3 heteroatoms. The van der Waals surface area contributed by atoms with E-state index in [2.05, 4.69) is 79.7 Å². The Labute approximate surface area is 132 Å². The van der Waals surface area contributed by atoms with E-state index in [-0.39, 0.29) is 12.4 Å². The number of rotatable bonds is 6. The van der Waals surface area contributed by atoms with Gasteiger partial charge in [0.2, 0.25) is 0 Å². The first-order valence-corrected chi connectivity index (χ1v) is 7.68. The van der Waals surface area contributed by atoms with Crippen molar-refractivity contribution in [1.82, 2.24) is 4.90 Å². The highest BCUT2D eigenvalue weighted by Crippen LogP contribution is 2.35. The highest BCUT2D eigenvalue weighted by atomic mass is 35.5. The summed E-state index contributed by atoms with van der Waals surface area (Å²) in [5.41, 5.74) is 2.77. The third kappa shape index (κ3) is 5.20. The van der Waals surface area contributed by atoms with Gasteiger partial charge in [0.25, 0.3) is 0 Å². The molecule has 2 rings (SSSR count). The molecule has 108 valence electrons. The highest BCUT2D eigenvalue weighted by molar-refractivity contribution is 7.99. The maximum Gasteiger partial charge on any atom is 0.0547 e. The second-order valence-electron chi connectivity index (χ2n) is 4.88. The SMILES string of the molecule is CN(C)CCSC(c1ccccc1)c1ccccc1.Cl.